The van der Waals surface area contributed by atoms with Crippen LogP contribution in [0.5, 0.6) is 0 Å². The Hall–Kier alpha value is -3.54. The smallest absolute Gasteiger partial charge is 0.332 e. The average Bonchev–Trinajstić information content (AvgIpc) is 3.12. The lowest BCUT2D eigenvalue weighted by atomic mass is 9.75. The maximum atomic E-state index is 13.1. The van der Waals surface area contributed by atoms with E-state index < -0.39 is 11.5 Å². The molecule has 6 heteroatoms. The Kier molecular flexibility index (Phi) is 4.62. The number of rotatable bonds is 3. The van der Waals surface area contributed by atoms with E-state index in [1.54, 1.807) is 31.2 Å². The zero-order valence-electron chi connectivity index (χ0n) is 18.0. The molecule has 32 heavy (non-hydrogen) atoms. The number of benzene rings is 2. The highest BCUT2D eigenvalue weighted by Gasteiger charge is 2.46. The third-order valence-electron chi connectivity index (χ3n) is 6.65. The molecule has 0 atom stereocenters. The van der Waals surface area contributed by atoms with Crippen molar-refractivity contribution in [2.45, 2.75) is 45.1 Å². The topological polar surface area (TPSA) is 89.5 Å². The minimum absolute atomic E-state index is 0.0829. The largest absolute Gasteiger partial charge is 0.464 e. The van der Waals surface area contributed by atoms with Gasteiger partial charge in [0.15, 0.2) is 11.6 Å². The van der Waals surface area contributed by atoms with Crippen molar-refractivity contribution in [1.29, 1.82) is 0 Å². The van der Waals surface area contributed by atoms with Crippen molar-refractivity contribution in [2.24, 2.45) is 0 Å². The predicted molar refractivity (Wildman–Crippen MR) is 117 cm³/mol. The molecule has 0 heterocycles. The van der Waals surface area contributed by atoms with E-state index in [2.05, 4.69) is 5.32 Å². The van der Waals surface area contributed by atoms with Gasteiger partial charge in [-0.25, -0.2) is 4.79 Å². The van der Waals surface area contributed by atoms with Crippen LogP contribution in [0.2, 0.25) is 0 Å². The molecule has 0 unspecified atom stereocenters. The molecule has 2 aromatic carbocycles. The van der Waals surface area contributed by atoms with Gasteiger partial charge in [0.25, 0.3) is 0 Å². The van der Waals surface area contributed by atoms with Gasteiger partial charge >= 0.3 is 5.97 Å². The van der Waals surface area contributed by atoms with Crippen molar-refractivity contribution in [1.82, 2.24) is 5.32 Å². The van der Waals surface area contributed by atoms with Crippen LogP contribution in [0.15, 0.2) is 47.5 Å². The molecule has 0 aliphatic heterocycles. The number of carbonyl (C=O) groups excluding carboxylic acids is 4. The monoisotopic (exact) mass is 429 g/mol. The van der Waals surface area contributed by atoms with Gasteiger partial charge in [-0.1, -0.05) is 36.4 Å². The predicted octanol–water partition coefficient (Wildman–Crippen LogP) is 2.70. The molecular weight excluding hydrogens is 406 g/mol. The van der Waals surface area contributed by atoms with E-state index in [1.165, 1.54) is 6.92 Å². The minimum Gasteiger partial charge on any atom is -0.464 e. The summed E-state index contributed by atoms with van der Waals surface area (Å²) in [6.45, 7) is 3.36. The Morgan fingerprint density at radius 2 is 1.41 bits per heavy atom. The van der Waals surface area contributed by atoms with Gasteiger partial charge in [0.1, 0.15) is 5.54 Å². The summed E-state index contributed by atoms with van der Waals surface area (Å²) in [4.78, 5) is 50.9. The van der Waals surface area contributed by atoms with Crippen molar-refractivity contribution >= 4 is 23.4 Å². The molecule has 0 saturated carbocycles. The highest BCUT2D eigenvalue weighted by molar-refractivity contribution is 6.27. The first-order valence-electron chi connectivity index (χ1n) is 10.8. The molecule has 2 aromatic rings. The Morgan fingerprint density at radius 1 is 0.906 bits per heavy atom. The van der Waals surface area contributed by atoms with Gasteiger partial charge in [0.05, 0.1) is 6.61 Å². The highest BCUT2D eigenvalue weighted by atomic mass is 16.5. The van der Waals surface area contributed by atoms with Crippen molar-refractivity contribution in [3.05, 3.63) is 80.9 Å². The first-order valence-corrected chi connectivity index (χ1v) is 10.8. The molecule has 6 nitrogen and oxygen atoms in total. The number of allylic oxidation sites excluding steroid dienone is 2. The van der Waals surface area contributed by atoms with Gasteiger partial charge < -0.3 is 10.1 Å². The van der Waals surface area contributed by atoms with E-state index in [0.29, 0.717) is 48.0 Å². The second-order valence-corrected chi connectivity index (χ2v) is 8.74. The van der Waals surface area contributed by atoms with E-state index in [0.717, 1.165) is 22.3 Å². The molecule has 1 amide bonds. The van der Waals surface area contributed by atoms with E-state index >= 15 is 0 Å². The second kappa shape index (κ2) is 7.26. The van der Waals surface area contributed by atoms with Crippen LogP contribution in [-0.4, -0.2) is 35.6 Å². The second-order valence-electron chi connectivity index (χ2n) is 8.74. The average molecular weight is 429 g/mol. The molecule has 0 aromatic heterocycles. The van der Waals surface area contributed by atoms with Gasteiger partial charge in [0, 0.05) is 54.9 Å². The SMILES string of the molecule is CCOC(=O)C1(NC(C)=O)Cc2cc3c(cc2C1)CC1=C(C3)C(=O)c2ccccc2C1=O. The lowest BCUT2D eigenvalue weighted by Crippen LogP contribution is -2.55. The van der Waals surface area contributed by atoms with Crippen LogP contribution in [0.4, 0.5) is 0 Å². The fourth-order valence-electron chi connectivity index (χ4n) is 5.29. The summed E-state index contributed by atoms with van der Waals surface area (Å²) >= 11 is 0. The van der Waals surface area contributed by atoms with Crippen LogP contribution in [0.1, 0.15) is 56.8 Å². The summed E-state index contributed by atoms with van der Waals surface area (Å²) in [5.74, 6) is -0.898. The number of fused-ring (bicyclic) bond motifs is 3. The van der Waals surface area contributed by atoms with Crippen LogP contribution < -0.4 is 5.32 Å². The molecule has 1 N–H and O–H groups in total. The van der Waals surface area contributed by atoms with Gasteiger partial charge in [-0.15, -0.1) is 0 Å². The molecule has 0 spiro atoms. The number of Topliss-reactive ketones (excluding diaryl/α,β-unsaturated/α-hetero) is 2. The molecule has 5 rings (SSSR count). The molecule has 3 aliphatic rings. The number of hydrogen-bond acceptors (Lipinski definition) is 5. The molecule has 0 saturated heterocycles. The number of esters is 1. The van der Waals surface area contributed by atoms with Crippen LogP contribution in [0.25, 0.3) is 0 Å². The van der Waals surface area contributed by atoms with Crippen LogP contribution in [-0.2, 0) is 40.0 Å². The highest BCUT2D eigenvalue weighted by Crippen LogP contribution is 2.39. The van der Waals surface area contributed by atoms with Gasteiger partial charge in [0.2, 0.25) is 5.91 Å². The number of nitrogens with one attached hydrogen (secondary N) is 1. The summed E-state index contributed by atoms with van der Waals surface area (Å²) in [5, 5.41) is 2.82. The minimum atomic E-state index is -1.12. The standard InChI is InChI=1S/C26H23NO5/c1-3-32-25(31)26(27-14(2)28)12-17-8-15-10-21-22(11-16(15)9-18(17)13-26)24(30)20-7-5-4-6-19(20)23(21)29/h4-9H,3,10-13H2,1-2H3,(H,27,28). The van der Waals surface area contributed by atoms with Crippen LogP contribution >= 0.6 is 0 Å². The summed E-state index contributed by atoms with van der Waals surface area (Å²) in [5.41, 5.74) is 4.85. The van der Waals surface area contributed by atoms with Gasteiger partial charge in [-0.2, -0.15) is 0 Å². The van der Waals surface area contributed by atoms with Gasteiger partial charge in [-0.05, 0) is 29.2 Å². The Labute approximate surface area is 185 Å². The third-order valence-corrected chi connectivity index (χ3v) is 6.65. The Bertz CT molecular complexity index is 1180. The van der Waals surface area contributed by atoms with E-state index in [9.17, 15) is 19.2 Å². The summed E-state index contributed by atoms with van der Waals surface area (Å²) in [6.07, 6.45) is 1.47. The number of ether oxygens (including phenoxy) is 1. The Balaban J connectivity index is 1.51. The first-order chi connectivity index (χ1) is 15.3. The van der Waals surface area contributed by atoms with E-state index in [-0.39, 0.29) is 24.1 Å². The third kappa shape index (κ3) is 3.01. The van der Waals surface area contributed by atoms with Crippen molar-refractivity contribution in [3.63, 3.8) is 0 Å². The molecular formula is C26H23NO5. The number of ketones is 2. The molecule has 0 bridgehead atoms. The number of carbonyl (C=O) groups is 4. The van der Waals surface area contributed by atoms with Gasteiger partial charge in [-0.3, -0.25) is 14.4 Å². The normalized spacial score (nSPS) is 17.8. The maximum Gasteiger partial charge on any atom is 0.332 e. The maximum absolute atomic E-state index is 13.1. The lowest BCUT2D eigenvalue weighted by molar-refractivity contribution is -0.152. The molecule has 0 fully saturated rings. The zero-order chi connectivity index (χ0) is 22.6. The lowest BCUT2D eigenvalue weighted by Gasteiger charge is -2.27. The number of hydrogen-bond donors (Lipinski definition) is 1. The number of amides is 1. The van der Waals surface area contributed by atoms with Crippen molar-refractivity contribution < 1.29 is 23.9 Å². The summed E-state index contributed by atoms with van der Waals surface area (Å²) in [6, 6.07) is 11.0. The van der Waals surface area contributed by atoms with E-state index in [1.807, 2.05) is 12.1 Å². The van der Waals surface area contributed by atoms with E-state index in [4.69, 9.17) is 4.74 Å². The fraction of sp³-hybridized carbons (Fsp3) is 0.308. The zero-order valence-corrected chi connectivity index (χ0v) is 18.0. The molecule has 3 aliphatic carbocycles. The molecule has 0 radical (unpaired) electrons. The Morgan fingerprint density at radius 3 is 1.84 bits per heavy atom. The fourth-order valence-corrected chi connectivity index (χ4v) is 5.29. The molecule has 162 valence electrons. The van der Waals surface area contributed by atoms with Crippen molar-refractivity contribution in [2.75, 3.05) is 6.61 Å². The quantitative estimate of drug-likeness (QED) is 0.758. The van der Waals surface area contributed by atoms with Crippen LogP contribution in [0, 0.1) is 0 Å². The summed E-state index contributed by atoms with van der Waals surface area (Å²) < 4.78 is 5.28. The van der Waals surface area contributed by atoms with Crippen molar-refractivity contribution in [3.8, 4) is 0 Å². The first kappa shape index (κ1) is 20.4. The van der Waals surface area contributed by atoms with Crippen LogP contribution in [0.3, 0.4) is 0 Å². The summed E-state index contributed by atoms with van der Waals surface area (Å²) in [7, 11) is 0.